The van der Waals surface area contributed by atoms with Crippen LogP contribution >= 0.6 is 15.9 Å². The molecule has 1 aromatic heterocycles. The minimum absolute atomic E-state index is 0.179. The first-order valence-electron chi connectivity index (χ1n) is 4.70. The fourth-order valence-corrected chi connectivity index (χ4v) is 1.68. The van der Waals surface area contributed by atoms with Gasteiger partial charge in [-0.25, -0.2) is 0 Å². The molecule has 6 heteroatoms. The number of benzene rings is 1. The Morgan fingerprint density at radius 3 is 2.29 bits per heavy atom. The normalized spacial score (nSPS) is 11.8. The van der Waals surface area contributed by atoms with Crippen LogP contribution in [0.3, 0.4) is 0 Å². The maximum Gasteiger partial charge on any atom is 0.452 e. The van der Waals surface area contributed by atoms with Crippen LogP contribution in [0.25, 0.3) is 11.3 Å². The maximum atomic E-state index is 12.3. The molecule has 0 aliphatic carbocycles. The Morgan fingerprint density at radius 2 is 1.82 bits per heavy atom. The van der Waals surface area contributed by atoms with E-state index in [1.807, 2.05) is 12.1 Å². The number of rotatable bonds is 2. The number of hydrogen-bond acceptors (Lipinski definition) is 2. The van der Waals surface area contributed by atoms with Gasteiger partial charge in [0.25, 0.3) is 0 Å². The van der Waals surface area contributed by atoms with E-state index in [4.69, 9.17) is 0 Å². The van der Waals surface area contributed by atoms with Gasteiger partial charge in [-0.1, -0.05) is 45.4 Å². The molecule has 0 spiro atoms. The lowest BCUT2D eigenvalue weighted by molar-refractivity contribution is -0.155. The number of halogens is 4. The zero-order valence-corrected chi connectivity index (χ0v) is 10.0. The topological polar surface area (TPSA) is 26.0 Å². The van der Waals surface area contributed by atoms with E-state index in [9.17, 15) is 13.2 Å². The Labute approximate surface area is 104 Å². The zero-order chi connectivity index (χ0) is 12.5. The van der Waals surface area contributed by atoms with E-state index in [2.05, 4.69) is 25.6 Å². The summed E-state index contributed by atoms with van der Waals surface area (Å²) in [6.07, 6.45) is -4.50. The fourth-order valence-electron chi connectivity index (χ4n) is 1.31. The second-order valence-electron chi connectivity index (χ2n) is 3.40. The van der Waals surface area contributed by atoms with Gasteiger partial charge in [0.05, 0.1) is 0 Å². The molecule has 2 rings (SSSR count). The SMILES string of the molecule is FC(F)(F)c1cc(-c2ccc(CBr)cc2)no1. The molecule has 0 bridgehead atoms. The van der Waals surface area contributed by atoms with E-state index < -0.39 is 11.9 Å². The van der Waals surface area contributed by atoms with Crippen LogP contribution in [0.1, 0.15) is 11.3 Å². The van der Waals surface area contributed by atoms with Crippen LogP contribution in [0.15, 0.2) is 34.9 Å². The third kappa shape index (κ3) is 2.69. The average molecular weight is 306 g/mol. The Bertz CT molecular complexity index is 504. The monoisotopic (exact) mass is 305 g/mol. The summed E-state index contributed by atoms with van der Waals surface area (Å²) in [5, 5.41) is 4.10. The fraction of sp³-hybridized carbons (Fsp3) is 0.182. The zero-order valence-electron chi connectivity index (χ0n) is 8.46. The highest BCUT2D eigenvalue weighted by Gasteiger charge is 2.36. The van der Waals surface area contributed by atoms with E-state index in [0.717, 1.165) is 11.6 Å². The predicted octanol–water partition coefficient (Wildman–Crippen LogP) is 4.26. The average Bonchev–Trinajstić information content (AvgIpc) is 2.78. The van der Waals surface area contributed by atoms with Gasteiger partial charge in [0.15, 0.2) is 0 Å². The van der Waals surface area contributed by atoms with E-state index in [1.54, 1.807) is 12.1 Å². The molecular formula is C11H7BrF3NO. The van der Waals surface area contributed by atoms with Crippen LogP contribution in [-0.2, 0) is 11.5 Å². The Morgan fingerprint density at radius 1 is 1.18 bits per heavy atom. The standard InChI is InChI=1S/C11H7BrF3NO/c12-6-7-1-3-8(4-2-7)9-5-10(17-16-9)11(13,14)15/h1-5H,6H2. The van der Waals surface area contributed by atoms with Gasteiger partial charge in [-0.3, -0.25) is 0 Å². The number of alkyl halides is 4. The third-order valence-corrected chi connectivity index (χ3v) is 2.84. The summed E-state index contributed by atoms with van der Waals surface area (Å²) in [6.45, 7) is 0. The molecule has 90 valence electrons. The summed E-state index contributed by atoms with van der Waals surface area (Å²) in [6, 6.07) is 7.92. The van der Waals surface area contributed by atoms with Crippen LogP contribution in [-0.4, -0.2) is 5.16 Å². The van der Waals surface area contributed by atoms with Gasteiger partial charge >= 0.3 is 6.18 Å². The summed E-state index contributed by atoms with van der Waals surface area (Å²) >= 11 is 3.29. The maximum absolute atomic E-state index is 12.3. The van der Waals surface area contributed by atoms with Gasteiger partial charge in [-0.2, -0.15) is 13.2 Å². The highest BCUT2D eigenvalue weighted by atomic mass is 79.9. The summed E-state index contributed by atoms with van der Waals surface area (Å²) in [7, 11) is 0. The van der Waals surface area contributed by atoms with Gasteiger partial charge in [0, 0.05) is 17.0 Å². The van der Waals surface area contributed by atoms with Crippen LogP contribution in [0.5, 0.6) is 0 Å². The largest absolute Gasteiger partial charge is 0.452 e. The molecular weight excluding hydrogens is 299 g/mol. The molecule has 0 N–H and O–H groups in total. The van der Waals surface area contributed by atoms with Gasteiger partial charge in [0.1, 0.15) is 5.69 Å². The first kappa shape index (κ1) is 12.2. The lowest BCUT2D eigenvalue weighted by atomic mass is 10.1. The van der Waals surface area contributed by atoms with Crippen molar-refractivity contribution in [3.63, 3.8) is 0 Å². The molecule has 0 unspecified atom stereocenters. The molecule has 0 saturated carbocycles. The van der Waals surface area contributed by atoms with Crippen molar-refractivity contribution in [3.05, 3.63) is 41.7 Å². The van der Waals surface area contributed by atoms with Crippen LogP contribution in [0.2, 0.25) is 0 Å². The molecule has 17 heavy (non-hydrogen) atoms. The van der Waals surface area contributed by atoms with E-state index in [-0.39, 0.29) is 5.69 Å². The second-order valence-corrected chi connectivity index (χ2v) is 3.97. The van der Waals surface area contributed by atoms with Crippen LogP contribution < -0.4 is 0 Å². The van der Waals surface area contributed by atoms with Crippen molar-refractivity contribution in [1.29, 1.82) is 0 Å². The van der Waals surface area contributed by atoms with Gasteiger partial charge < -0.3 is 4.52 Å². The molecule has 0 aliphatic rings. The molecule has 0 atom stereocenters. The third-order valence-electron chi connectivity index (χ3n) is 2.19. The number of hydrogen-bond donors (Lipinski definition) is 0. The van der Waals surface area contributed by atoms with Crippen molar-refractivity contribution in [3.8, 4) is 11.3 Å². The van der Waals surface area contributed by atoms with Gasteiger partial charge in [-0.05, 0) is 5.56 Å². The van der Waals surface area contributed by atoms with Gasteiger partial charge in [0.2, 0.25) is 5.76 Å². The minimum atomic E-state index is -4.50. The molecule has 1 aromatic carbocycles. The van der Waals surface area contributed by atoms with E-state index in [1.165, 1.54) is 0 Å². The summed E-state index contributed by atoms with van der Waals surface area (Å²) in [4.78, 5) is 0. The Balaban J connectivity index is 2.30. The quantitative estimate of drug-likeness (QED) is 0.775. The van der Waals surface area contributed by atoms with Crippen molar-refractivity contribution in [2.45, 2.75) is 11.5 Å². The van der Waals surface area contributed by atoms with Crippen molar-refractivity contribution in [1.82, 2.24) is 5.16 Å². The molecule has 0 amide bonds. The highest BCUT2D eigenvalue weighted by molar-refractivity contribution is 9.08. The van der Waals surface area contributed by atoms with Gasteiger partial charge in [-0.15, -0.1) is 0 Å². The number of nitrogens with zero attached hydrogens (tertiary/aromatic N) is 1. The highest BCUT2D eigenvalue weighted by Crippen LogP contribution is 2.32. The first-order chi connectivity index (χ1) is 8.00. The lowest BCUT2D eigenvalue weighted by Gasteiger charge is -1.98. The molecule has 0 saturated heterocycles. The smallest absolute Gasteiger partial charge is 0.351 e. The molecule has 2 nitrogen and oxygen atoms in total. The van der Waals surface area contributed by atoms with Crippen molar-refractivity contribution in [2.24, 2.45) is 0 Å². The molecule has 0 aliphatic heterocycles. The summed E-state index contributed by atoms with van der Waals surface area (Å²) in [5.74, 6) is -1.09. The lowest BCUT2D eigenvalue weighted by Crippen LogP contribution is -2.02. The first-order valence-corrected chi connectivity index (χ1v) is 5.82. The Kier molecular flexibility index (Phi) is 3.24. The predicted molar refractivity (Wildman–Crippen MR) is 59.6 cm³/mol. The van der Waals surface area contributed by atoms with Crippen molar-refractivity contribution >= 4 is 15.9 Å². The summed E-state index contributed by atoms with van der Waals surface area (Å²) in [5.41, 5.74) is 1.81. The second kappa shape index (κ2) is 4.52. The summed E-state index contributed by atoms with van der Waals surface area (Å²) < 4.78 is 41.1. The van der Waals surface area contributed by atoms with Crippen molar-refractivity contribution < 1.29 is 17.7 Å². The molecule has 1 heterocycles. The Hall–Kier alpha value is -1.30. The minimum Gasteiger partial charge on any atom is -0.351 e. The van der Waals surface area contributed by atoms with E-state index in [0.29, 0.717) is 10.9 Å². The van der Waals surface area contributed by atoms with E-state index >= 15 is 0 Å². The van der Waals surface area contributed by atoms with Crippen molar-refractivity contribution in [2.75, 3.05) is 0 Å². The molecule has 0 radical (unpaired) electrons. The molecule has 0 fully saturated rings. The van der Waals surface area contributed by atoms with Crippen LogP contribution in [0.4, 0.5) is 13.2 Å². The molecule has 2 aromatic rings. The number of aromatic nitrogens is 1. The van der Waals surface area contributed by atoms with Crippen LogP contribution in [0, 0.1) is 0 Å².